The summed E-state index contributed by atoms with van der Waals surface area (Å²) in [6, 6.07) is 0.123. The number of aryl methyl sites for hydroxylation is 1. The van der Waals surface area contributed by atoms with Gasteiger partial charge in [-0.3, -0.25) is 0 Å². The van der Waals surface area contributed by atoms with Crippen molar-refractivity contribution in [2.75, 3.05) is 0 Å². The Morgan fingerprint density at radius 1 is 1.17 bits per heavy atom. The number of nitrogens with two attached hydrogens (primary N) is 1. The molecule has 2 N–H and O–H groups in total. The minimum Gasteiger partial charge on any atom is -0.333 e. The van der Waals surface area contributed by atoms with Gasteiger partial charge in [0.2, 0.25) is 0 Å². The van der Waals surface area contributed by atoms with Gasteiger partial charge in [0.15, 0.2) is 0 Å². The zero-order valence-electron chi connectivity index (χ0n) is 12.4. The molecule has 3 heteroatoms. The summed E-state index contributed by atoms with van der Waals surface area (Å²) in [7, 11) is 0. The van der Waals surface area contributed by atoms with Gasteiger partial charge in [0.1, 0.15) is 0 Å². The molecular weight excluding hydrogens is 222 g/mol. The number of hydrogen-bond donors (Lipinski definition) is 1. The molecule has 1 heterocycles. The van der Waals surface area contributed by atoms with Crippen LogP contribution in [0.1, 0.15) is 65.1 Å². The lowest BCUT2D eigenvalue weighted by Crippen LogP contribution is -2.17. The normalized spacial score (nSPS) is 13.5. The summed E-state index contributed by atoms with van der Waals surface area (Å²) in [5, 5.41) is 0. The minimum absolute atomic E-state index is 0.123. The summed E-state index contributed by atoms with van der Waals surface area (Å²) < 4.78 is 2.23. The van der Waals surface area contributed by atoms with Crippen molar-refractivity contribution in [2.24, 2.45) is 17.6 Å². The lowest BCUT2D eigenvalue weighted by Gasteiger charge is -2.16. The van der Waals surface area contributed by atoms with Crippen LogP contribution in [0.4, 0.5) is 0 Å². The van der Waals surface area contributed by atoms with Crippen molar-refractivity contribution >= 4 is 0 Å². The molecule has 0 aliphatic rings. The molecule has 0 aliphatic carbocycles. The maximum absolute atomic E-state index is 6.23. The fourth-order valence-electron chi connectivity index (χ4n) is 2.29. The van der Waals surface area contributed by atoms with E-state index in [0.29, 0.717) is 5.92 Å². The van der Waals surface area contributed by atoms with Crippen molar-refractivity contribution in [3.63, 3.8) is 0 Å². The molecule has 0 bridgehead atoms. The van der Waals surface area contributed by atoms with E-state index in [2.05, 4.69) is 37.2 Å². The molecule has 1 aromatic rings. The molecule has 0 aromatic carbocycles. The maximum atomic E-state index is 6.23. The minimum atomic E-state index is 0.123. The summed E-state index contributed by atoms with van der Waals surface area (Å²) in [6.45, 7) is 10.0. The third-order valence-electron chi connectivity index (χ3n) is 3.28. The average molecular weight is 251 g/mol. The van der Waals surface area contributed by atoms with Crippen LogP contribution >= 0.6 is 0 Å². The van der Waals surface area contributed by atoms with Crippen LogP contribution in [0.5, 0.6) is 0 Å². The lowest BCUT2D eigenvalue weighted by molar-refractivity contribution is 0.466. The molecule has 0 aliphatic heterocycles. The third kappa shape index (κ3) is 5.21. The SMILES string of the molecule is CC(C)CCCCn1cncc1C(N)CC(C)C. The molecule has 0 amide bonds. The molecular formula is C15H29N3. The Balaban J connectivity index is 2.44. The van der Waals surface area contributed by atoms with Crippen molar-refractivity contribution in [2.45, 2.75) is 66.0 Å². The van der Waals surface area contributed by atoms with Crippen LogP contribution in [0.15, 0.2) is 12.5 Å². The summed E-state index contributed by atoms with van der Waals surface area (Å²) in [6.07, 6.45) is 8.69. The molecule has 0 radical (unpaired) electrons. The summed E-state index contributed by atoms with van der Waals surface area (Å²) in [5.41, 5.74) is 7.42. The molecule has 0 saturated heterocycles. The van der Waals surface area contributed by atoms with Crippen LogP contribution in [-0.2, 0) is 6.54 Å². The van der Waals surface area contributed by atoms with E-state index in [0.717, 1.165) is 18.9 Å². The Bertz CT molecular complexity index is 328. The van der Waals surface area contributed by atoms with Gasteiger partial charge >= 0.3 is 0 Å². The van der Waals surface area contributed by atoms with Gasteiger partial charge in [-0.2, -0.15) is 0 Å². The van der Waals surface area contributed by atoms with E-state index >= 15 is 0 Å². The van der Waals surface area contributed by atoms with Gasteiger partial charge in [0.05, 0.1) is 12.0 Å². The largest absolute Gasteiger partial charge is 0.333 e. The van der Waals surface area contributed by atoms with E-state index in [1.807, 2.05) is 12.5 Å². The van der Waals surface area contributed by atoms with E-state index < -0.39 is 0 Å². The first-order valence-corrected chi connectivity index (χ1v) is 7.26. The number of imidazole rings is 1. The van der Waals surface area contributed by atoms with Crippen LogP contribution < -0.4 is 5.73 Å². The van der Waals surface area contributed by atoms with Gasteiger partial charge in [-0.05, 0) is 24.7 Å². The second-order valence-corrected chi connectivity index (χ2v) is 6.14. The van der Waals surface area contributed by atoms with Crippen molar-refractivity contribution in [3.05, 3.63) is 18.2 Å². The summed E-state index contributed by atoms with van der Waals surface area (Å²) >= 11 is 0. The highest BCUT2D eigenvalue weighted by atomic mass is 15.1. The van der Waals surface area contributed by atoms with E-state index in [9.17, 15) is 0 Å². The highest BCUT2D eigenvalue weighted by molar-refractivity contribution is 5.04. The zero-order valence-corrected chi connectivity index (χ0v) is 12.4. The molecule has 1 rings (SSSR count). The Hall–Kier alpha value is -0.830. The van der Waals surface area contributed by atoms with Crippen LogP contribution in [0, 0.1) is 11.8 Å². The average Bonchev–Trinajstić information content (AvgIpc) is 2.71. The van der Waals surface area contributed by atoms with Crippen molar-refractivity contribution in [1.29, 1.82) is 0 Å². The monoisotopic (exact) mass is 251 g/mol. The second-order valence-electron chi connectivity index (χ2n) is 6.14. The molecule has 0 spiro atoms. The number of hydrogen-bond acceptors (Lipinski definition) is 2. The van der Waals surface area contributed by atoms with Crippen molar-refractivity contribution in [3.8, 4) is 0 Å². The fraction of sp³-hybridized carbons (Fsp3) is 0.800. The molecule has 1 atom stereocenters. The second kappa shape index (κ2) is 7.57. The maximum Gasteiger partial charge on any atom is 0.0948 e. The Kier molecular flexibility index (Phi) is 6.41. The topological polar surface area (TPSA) is 43.8 Å². The molecule has 0 fully saturated rings. The third-order valence-corrected chi connectivity index (χ3v) is 3.28. The number of rotatable bonds is 8. The molecule has 1 aromatic heterocycles. The van der Waals surface area contributed by atoms with Gasteiger partial charge in [-0.25, -0.2) is 4.98 Å². The van der Waals surface area contributed by atoms with E-state index in [-0.39, 0.29) is 6.04 Å². The van der Waals surface area contributed by atoms with Crippen molar-refractivity contribution < 1.29 is 0 Å². The summed E-state index contributed by atoms with van der Waals surface area (Å²) in [5.74, 6) is 1.43. The quantitative estimate of drug-likeness (QED) is 0.715. The van der Waals surface area contributed by atoms with Gasteiger partial charge in [0, 0.05) is 18.8 Å². The summed E-state index contributed by atoms with van der Waals surface area (Å²) in [4.78, 5) is 4.25. The first kappa shape index (κ1) is 15.2. The Morgan fingerprint density at radius 3 is 2.50 bits per heavy atom. The van der Waals surface area contributed by atoms with Gasteiger partial charge in [-0.1, -0.05) is 40.5 Å². The van der Waals surface area contributed by atoms with E-state index in [4.69, 9.17) is 5.73 Å². The first-order valence-electron chi connectivity index (χ1n) is 7.26. The van der Waals surface area contributed by atoms with Gasteiger partial charge < -0.3 is 10.3 Å². The van der Waals surface area contributed by atoms with Gasteiger partial charge in [0.25, 0.3) is 0 Å². The molecule has 0 saturated carbocycles. The predicted molar refractivity (Wildman–Crippen MR) is 77.3 cm³/mol. The molecule has 1 unspecified atom stereocenters. The zero-order chi connectivity index (χ0) is 13.5. The first-order chi connectivity index (χ1) is 8.50. The van der Waals surface area contributed by atoms with Crippen LogP contribution in [0.3, 0.4) is 0 Å². The van der Waals surface area contributed by atoms with Crippen LogP contribution in [0.2, 0.25) is 0 Å². The Labute approximate surface area is 112 Å². The molecule has 3 nitrogen and oxygen atoms in total. The predicted octanol–water partition coefficient (Wildman–Crippen LogP) is 3.76. The van der Waals surface area contributed by atoms with E-state index in [1.165, 1.54) is 25.0 Å². The number of unbranched alkanes of at least 4 members (excludes halogenated alkanes) is 1. The smallest absolute Gasteiger partial charge is 0.0948 e. The van der Waals surface area contributed by atoms with Crippen LogP contribution in [0.25, 0.3) is 0 Å². The van der Waals surface area contributed by atoms with E-state index in [1.54, 1.807) is 0 Å². The highest BCUT2D eigenvalue weighted by Gasteiger charge is 2.12. The molecule has 18 heavy (non-hydrogen) atoms. The standard InChI is InChI=1S/C15H29N3/c1-12(2)7-5-6-8-18-11-17-10-15(18)14(16)9-13(3)4/h10-14H,5-9,16H2,1-4H3. The molecule has 104 valence electrons. The highest BCUT2D eigenvalue weighted by Crippen LogP contribution is 2.19. The number of aromatic nitrogens is 2. The lowest BCUT2D eigenvalue weighted by atomic mass is 10.0. The fourth-order valence-corrected chi connectivity index (χ4v) is 2.29. The Morgan fingerprint density at radius 2 is 1.89 bits per heavy atom. The van der Waals surface area contributed by atoms with Gasteiger partial charge in [-0.15, -0.1) is 0 Å². The number of nitrogens with zero attached hydrogens (tertiary/aromatic N) is 2. The van der Waals surface area contributed by atoms with Crippen LogP contribution in [-0.4, -0.2) is 9.55 Å². The van der Waals surface area contributed by atoms with Crippen molar-refractivity contribution in [1.82, 2.24) is 9.55 Å².